The van der Waals surface area contributed by atoms with Crippen molar-refractivity contribution in [3.8, 4) is 10.6 Å². The number of furan rings is 1. The lowest BCUT2D eigenvalue weighted by Gasteiger charge is -2.33. The Labute approximate surface area is 152 Å². The number of rotatable bonds is 3. The molecule has 1 unspecified atom stereocenters. The maximum absolute atomic E-state index is 12.5. The third-order valence-electron chi connectivity index (χ3n) is 4.06. The summed E-state index contributed by atoms with van der Waals surface area (Å²) in [4.78, 5) is 18.8. The van der Waals surface area contributed by atoms with Gasteiger partial charge in [0, 0.05) is 30.1 Å². The van der Waals surface area contributed by atoms with E-state index in [-0.39, 0.29) is 36.8 Å². The van der Waals surface area contributed by atoms with Gasteiger partial charge in [0.05, 0.1) is 6.26 Å². The van der Waals surface area contributed by atoms with Gasteiger partial charge >= 0.3 is 0 Å². The van der Waals surface area contributed by atoms with Crippen molar-refractivity contribution >= 4 is 42.1 Å². The maximum Gasteiger partial charge on any atom is 0.273 e. The number of hydrogen-bond donors (Lipinski definition) is 1. The lowest BCUT2D eigenvalue weighted by molar-refractivity contribution is 0.0676. The number of carbonyl (C=O) groups excluding carboxylic acids is 1. The molecule has 2 aromatic heterocycles. The molecule has 1 atom stereocenters. The average Bonchev–Trinajstić information content (AvgIpc) is 3.17. The van der Waals surface area contributed by atoms with E-state index in [1.165, 1.54) is 11.3 Å². The van der Waals surface area contributed by atoms with Crippen LogP contribution in [-0.4, -0.2) is 34.9 Å². The summed E-state index contributed by atoms with van der Waals surface area (Å²) >= 11 is 1.47. The van der Waals surface area contributed by atoms with E-state index < -0.39 is 0 Å². The smallest absolute Gasteiger partial charge is 0.273 e. The lowest BCUT2D eigenvalue weighted by atomic mass is 9.91. The van der Waals surface area contributed by atoms with Crippen LogP contribution in [0.15, 0.2) is 28.4 Å². The van der Waals surface area contributed by atoms with Crippen LogP contribution in [0, 0.1) is 5.92 Å². The number of hydrogen-bond acceptors (Lipinski definition) is 5. The van der Waals surface area contributed by atoms with Gasteiger partial charge < -0.3 is 15.1 Å². The zero-order valence-corrected chi connectivity index (χ0v) is 15.3. The molecule has 1 saturated heterocycles. The molecule has 0 bridgehead atoms. The fourth-order valence-electron chi connectivity index (χ4n) is 2.68. The SMILES string of the molecule is CC(N)C1CCN(C(=O)c2csc(-c3ccoc3)n2)CC1.Cl.Cl. The molecule has 0 spiro atoms. The topological polar surface area (TPSA) is 72.4 Å². The molecule has 3 rings (SSSR count). The molecule has 8 heteroatoms. The van der Waals surface area contributed by atoms with Crippen molar-refractivity contribution in [1.29, 1.82) is 0 Å². The Morgan fingerprint density at radius 1 is 1.43 bits per heavy atom. The fraction of sp³-hybridized carbons (Fsp3) is 0.467. The molecule has 1 fully saturated rings. The monoisotopic (exact) mass is 377 g/mol. The number of halogens is 2. The molecule has 0 aromatic carbocycles. The number of piperidine rings is 1. The summed E-state index contributed by atoms with van der Waals surface area (Å²) in [6.07, 6.45) is 5.20. The highest BCUT2D eigenvalue weighted by Crippen LogP contribution is 2.26. The van der Waals surface area contributed by atoms with Crippen LogP contribution in [0.2, 0.25) is 0 Å². The van der Waals surface area contributed by atoms with Crippen molar-refractivity contribution in [2.75, 3.05) is 13.1 Å². The number of amides is 1. The van der Waals surface area contributed by atoms with Crippen molar-refractivity contribution in [2.45, 2.75) is 25.8 Å². The summed E-state index contributed by atoms with van der Waals surface area (Å²) in [6, 6.07) is 2.05. The molecule has 1 aliphatic heterocycles. The van der Waals surface area contributed by atoms with Crippen LogP contribution in [0.1, 0.15) is 30.3 Å². The van der Waals surface area contributed by atoms with Crippen LogP contribution >= 0.6 is 36.2 Å². The van der Waals surface area contributed by atoms with Gasteiger partial charge in [0.15, 0.2) is 0 Å². The van der Waals surface area contributed by atoms with Crippen LogP contribution in [0.3, 0.4) is 0 Å². The molecule has 128 valence electrons. The van der Waals surface area contributed by atoms with Crippen molar-refractivity contribution in [1.82, 2.24) is 9.88 Å². The van der Waals surface area contributed by atoms with Gasteiger partial charge in [0.25, 0.3) is 5.91 Å². The first-order valence-corrected chi connectivity index (χ1v) is 8.06. The number of likely N-dealkylation sites (tertiary alicyclic amines) is 1. The summed E-state index contributed by atoms with van der Waals surface area (Å²) in [7, 11) is 0. The van der Waals surface area contributed by atoms with Crippen LogP contribution in [0.5, 0.6) is 0 Å². The van der Waals surface area contributed by atoms with Crippen molar-refractivity contribution in [3.63, 3.8) is 0 Å². The number of carbonyl (C=O) groups is 1. The minimum Gasteiger partial charge on any atom is -0.472 e. The van der Waals surface area contributed by atoms with Crippen LogP contribution in [0.25, 0.3) is 10.6 Å². The third kappa shape index (κ3) is 4.47. The first-order chi connectivity index (χ1) is 10.1. The van der Waals surface area contributed by atoms with E-state index in [4.69, 9.17) is 10.2 Å². The van der Waals surface area contributed by atoms with E-state index in [1.54, 1.807) is 12.5 Å². The van der Waals surface area contributed by atoms with Crippen molar-refractivity contribution in [2.24, 2.45) is 11.7 Å². The molecule has 3 heterocycles. The quantitative estimate of drug-likeness (QED) is 0.888. The largest absolute Gasteiger partial charge is 0.472 e. The van der Waals surface area contributed by atoms with E-state index in [0.717, 1.165) is 36.5 Å². The van der Waals surface area contributed by atoms with Gasteiger partial charge in [0.1, 0.15) is 17.0 Å². The van der Waals surface area contributed by atoms with Gasteiger partial charge in [-0.2, -0.15) is 0 Å². The highest BCUT2D eigenvalue weighted by atomic mass is 35.5. The Morgan fingerprint density at radius 3 is 2.70 bits per heavy atom. The van der Waals surface area contributed by atoms with Crippen LogP contribution in [-0.2, 0) is 0 Å². The standard InChI is InChI=1S/C15H19N3O2S.2ClH/c1-10(16)11-2-5-18(6-3-11)15(19)13-9-21-14(17-13)12-4-7-20-8-12;;/h4,7-11H,2-3,5-6,16H2,1H3;2*1H. The molecular weight excluding hydrogens is 357 g/mol. The Morgan fingerprint density at radius 2 is 2.13 bits per heavy atom. The second-order valence-electron chi connectivity index (χ2n) is 5.54. The molecule has 2 N–H and O–H groups in total. The van der Waals surface area contributed by atoms with E-state index in [9.17, 15) is 4.79 Å². The highest BCUT2D eigenvalue weighted by molar-refractivity contribution is 7.13. The lowest BCUT2D eigenvalue weighted by Crippen LogP contribution is -2.42. The van der Waals surface area contributed by atoms with Gasteiger partial charge in [-0.25, -0.2) is 4.98 Å². The summed E-state index contributed by atoms with van der Waals surface area (Å²) in [6.45, 7) is 3.58. The summed E-state index contributed by atoms with van der Waals surface area (Å²) < 4.78 is 5.05. The van der Waals surface area contributed by atoms with Crippen molar-refractivity contribution < 1.29 is 9.21 Å². The molecule has 0 radical (unpaired) electrons. The van der Waals surface area contributed by atoms with E-state index in [1.807, 2.05) is 23.3 Å². The average molecular weight is 378 g/mol. The molecule has 23 heavy (non-hydrogen) atoms. The van der Waals surface area contributed by atoms with Crippen molar-refractivity contribution in [3.05, 3.63) is 29.7 Å². The summed E-state index contributed by atoms with van der Waals surface area (Å²) in [5, 5.41) is 2.64. The molecular formula is C15H21Cl2N3O2S. The zero-order chi connectivity index (χ0) is 14.8. The summed E-state index contributed by atoms with van der Waals surface area (Å²) in [5.74, 6) is 0.537. The van der Waals surface area contributed by atoms with E-state index in [0.29, 0.717) is 11.6 Å². The number of thiazole rings is 1. The van der Waals surface area contributed by atoms with E-state index in [2.05, 4.69) is 4.98 Å². The van der Waals surface area contributed by atoms with Crippen LogP contribution < -0.4 is 5.73 Å². The van der Waals surface area contributed by atoms with Gasteiger partial charge in [-0.1, -0.05) is 0 Å². The summed E-state index contributed by atoms with van der Waals surface area (Å²) in [5.41, 5.74) is 7.37. The number of nitrogens with zero attached hydrogens (tertiary/aromatic N) is 2. The Bertz CT molecular complexity index is 608. The van der Waals surface area contributed by atoms with Gasteiger partial charge in [-0.05, 0) is 31.7 Å². The molecule has 0 saturated carbocycles. The third-order valence-corrected chi connectivity index (χ3v) is 4.95. The number of nitrogens with two attached hydrogens (primary N) is 1. The molecule has 2 aromatic rings. The Balaban J connectivity index is 0.00000132. The van der Waals surface area contributed by atoms with E-state index >= 15 is 0 Å². The second kappa shape index (κ2) is 8.68. The van der Waals surface area contributed by atoms with Gasteiger partial charge in [-0.15, -0.1) is 36.2 Å². The zero-order valence-electron chi connectivity index (χ0n) is 12.8. The first kappa shape index (κ1) is 20.0. The minimum absolute atomic E-state index is 0. The fourth-order valence-corrected chi connectivity index (χ4v) is 3.46. The van der Waals surface area contributed by atoms with Gasteiger partial charge in [-0.3, -0.25) is 4.79 Å². The Hall–Kier alpha value is -1.08. The van der Waals surface area contributed by atoms with Crippen LogP contribution in [0.4, 0.5) is 0 Å². The molecule has 0 aliphatic carbocycles. The highest BCUT2D eigenvalue weighted by Gasteiger charge is 2.26. The predicted octanol–water partition coefficient (Wildman–Crippen LogP) is 3.45. The molecule has 1 amide bonds. The minimum atomic E-state index is 0. The predicted molar refractivity (Wildman–Crippen MR) is 96.6 cm³/mol. The first-order valence-electron chi connectivity index (χ1n) is 7.18. The molecule has 5 nitrogen and oxygen atoms in total. The second-order valence-corrected chi connectivity index (χ2v) is 6.40. The van der Waals surface area contributed by atoms with Gasteiger partial charge in [0.2, 0.25) is 0 Å². The number of aromatic nitrogens is 1. The maximum atomic E-state index is 12.5. The molecule has 1 aliphatic rings. The Kier molecular flexibility index (Phi) is 7.54. The normalized spacial score (nSPS) is 16.3.